The molecule has 0 atom stereocenters. The molecule has 0 bridgehead atoms. The Hall–Kier alpha value is -0.540. The van der Waals surface area contributed by atoms with Crippen LogP contribution in [0.15, 0.2) is 16.6 Å². The Balaban J connectivity index is 2.80. The molecular formula is C15H24BrNO. The third kappa shape index (κ3) is 4.99. The maximum absolute atomic E-state index is 5.99. The van der Waals surface area contributed by atoms with E-state index in [9.17, 15) is 0 Å². The fourth-order valence-electron chi connectivity index (χ4n) is 1.79. The third-order valence-electron chi connectivity index (χ3n) is 2.78. The second-order valence-corrected chi connectivity index (χ2v) is 6.82. The molecule has 3 heteroatoms. The van der Waals surface area contributed by atoms with Crippen LogP contribution in [0.1, 0.15) is 38.3 Å². The second kappa shape index (κ2) is 6.58. The summed E-state index contributed by atoms with van der Waals surface area (Å²) in [6, 6.07) is 4.22. The number of hydrogen-bond donors (Lipinski definition) is 1. The van der Waals surface area contributed by atoms with Crippen molar-refractivity contribution in [2.45, 2.75) is 40.7 Å². The molecule has 2 nitrogen and oxygen atoms in total. The second-order valence-electron chi connectivity index (χ2n) is 5.90. The minimum Gasteiger partial charge on any atom is -0.493 e. The van der Waals surface area contributed by atoms with E-state index in [1.54, 1.807) is 0 Å². The van der Waals surface area contributed by atoms with E-state index in [0.717, 1.165) is 29.8 Å². The Labute approximate surface area is 119 Å². The van der Waals surface area contributed by atoms with Crippen molar-refractivity contribution in [2.24, 2.45) is 5.41 Å². The molecule has 0 fully saturated rings. The maximum Gasteiger partial charge on any atom is 0.126 e. The fraction of sp³-hybridized carbons (Fsp3) is 0.600. The van der Waals surface area contributed by atoms with Crippen LogP contribution >= 0.6 is 15.9 Å². The third-order valence-corrected chi connectivity index (χ3v) is 3.24. The summed E-state index contributed by atoms with van der Waals surface area (Å²) in [6.07, 6.45) is 1.06. The van der Waals surface area contributed by atoms with Gasteiger partial charge in [0.2, 0.25) is 0 Å². The highest BCUT2D eigenvalue weighted by Crippen LogP contribution is 2.29. The molecule has 0 aliphatic rings. The summed E-state index contributed by atoms with van der Waals surface area (Å²) in [4.78, 5) is 0. The van der Waals surface area contributed by atoms with E-state index in [2.05, 4.69) is 61.1 Å². The van der Waals surface area contributed by atoms with Crippen molar-refractivity contribution in [3.05, 3.63) is 27.7 Å². The fourth-order valence-corrected chi connectivity index (χ4v) is 2.41. The van der Waals surface area contributed by atoms with E-state index in [4.69, 9.17) is 4.74 Å². The molecule has 102 valence electrons. The zero-order chi connectivity index (χ0) is 13.8. The zero-order valence-corrected chi connectivity index (χ0v) is 13.6. The predicted octanol–water partition coefficient (Wildman–Crippen LogP) is 4.29. The van der Waals surface area contributed by atoms with Gasteiger partial charge in [0.05, 0.1) is 6.61 Å². The quantitative estimate of drug-likeness (QED) is 0.875. The lowest BCUT2D eigenvalue weighted by molar-refractivity contribution is 0.240. The normalized spacial score (nSPS) is 11.7. The highest BCUT2D eigenvalue weighted by Gasteiger charge is 2.12. The van der Waals surface area contributed by atoms with Crippen LogP contribution in [0.4, 0.5) is 0 Å². The summed E-state index contributed by atoms with van der Waals surface area (Å²) in [5, 5.41) is 3.18. The molecule has 1 aromatic rings. The topological polar surface area (TPSA) is 21.3 Å². The van der Waals surface area contributed by atoms with E-state index in [0.29, 0.717) is 5.41 Å². The summed E-state index contributed by atoms with van der Waals surface area (Å²) in [6.45, 7) is 10.4. The van der Waals surface area contributed by atoms with Gasteiger partial charge < -0.3 is 10.1 Å². The summed E-state index contributed by atoms with van der Waals surface area (Å²) in [5.41, 5.74) is 2.70. The lowest BCUT2D eigenvalue weighted by Crippen LogP contribution is -2.13. The molecule has 0 saturated carbocycles. The van der Waals surface area contributed by atoms with Crippen LogP contribution in [-0.2, 0) is 6.54 Å². The Bertz CT molecular complexity index is 396. The van der Waals surface area contributed by atoms with Gasteiger partial charge in [-0.15, -0.1) is 0 Å². The van der Waals surface area contributed by atoms with Crippen LogP contribution in [0.5, 0.6) is 5.75 Å². The van der Waals surface area contributed by atoms with Gasteiger partial charge in [-0.2, -0.15) is 0 Å². The van der Waals surface area contributed by atoms with Crippen LogP contribution in [0, 0.1) is 12.3 Å². The molecular weight excluding hydrogens is 290 g/mol. The summed E-state index contributed by atoms with van der Waals surface area (Å²) in [7, 11) is 1.95. The van der Waals surface area contributed by atoms with E-state index in [1.807, 2.05) is 7.05 Å². The number of ether oxygens (including phenoxy) is 1. The number of aryl methyl sites for hydroxylation is 1. The molecule has 1 rings (SSSR count). The lowest BCUT2D eigenvalue weighted by atomic mass is 9.93. The van der Waals surface area contributed by atoms with Crippen molar-refractivity contribution < 1.29 is 4.74 Å². The molecule has 0 radical (unpaired) electrons. The van der Waals surface area contributed by atoms with Gasteiger partial charge in [-0.05, 0) is 43.5 Å². The van der Waals surface area contributed by atoms with E-state index >= 15 is 0 Å². The minimum atomic E-state index is 0.312. The van der Waals surface area contributed by atoms with E-state index in [-0.39, 0.29) is 0 Å². The Kier molecular flexibility index (Phi) is 5.67. The van der Waals surface area contributed by atoms with Gasteiger partial charge in [-0.25, -0.2) is 0 Å². The number of rotatable bonds is 5. The first-order valence-corrected chi connectivity index (χ1v) is 7.19. The summed E-state index contributed by atoms with van der Waals surface area (Å²) < 4.78 is 7.10. The van der Waals surface area contributed by atoms with Gasteiger partial charge in [0, 0.05) is 16.6 Å². The first kappa shape index (κ1) is 15.5. The van der Waals surface area contributed by atoms with Gasteiger partial charge in [0.25, 0.3) is 0 Å². The van der Waals surface area contributed by atoms with Gasteiger partial charge in [0.15, 0.2) is 0 Å². The molecule has 0 unspecified atom stereocenters. The Morgan fingerprint density at radius 3 is 2.50 bits per heavy atom. The van der Waals surface area contributed by atoms with Crippen LogP contribution < -0.4 is 10.1 Å². The number of benzene rings is 1. The minimum absolute atomic E-state index is 0.312. The van der Waals surface area contributed by atoms with Gasteiger partial charge in [-0.1, -0.05) is 36.7 Å². The van der Waals surface area contributed by atoms with Crippen molar-refractivity contribution in [1.29, 1.82) is 0 Å². The first-order valence-electron chi connectivity index (χ1n) is 6.40. The monoisotopic (exact) mass is 313 g/mol. The summed E-state index contributed by atoms with van der Waals surface area (Å²) >= 11 is 3.53. The highest BCUT2D eigenvalue weighted by molar-refractivity contribution is 9.10. The zero-order valence-electron chi connectivity index (χ0n) is 12.1. The van der Waals surface area contributed by atoms with Crippen LogP contribution in [0.25, 0.3) is 0 Å². The molecule has 0 heterocycles. The molecule has 0 aliphatic carbocycles. The SMILES string of the molecule is CNCc1cc(Br)cc(C)c1OCCC(C)(C)C. The average Bonchev–Trinajstić information content (AvgIpc) is 2.20. The molecule has 0 amide bonds. The molecule has 0 spiro atoms. The number of nitrogens with one attached hydrogen (secondary N) is 1. The maximum atomic E-state index is 5.99. The van der Waals surface area contributed by atoms with Crippen molar-refractivity contribution >= 4 is 15.9 Å². The van der Waals surface area contributed by atoms with Crippen molar-refractivity contribution in [3.63, 3.8) is 0 Å². The molecule has 1 N–H and O–H groups in total. The predicted molar refractivity (Wildman–Crippen MR) is 81.2 cm³/mol. The molecule has 1 aromatic carbocycles. The molecule has 0 saturated heterocycles. The van der Waals surface area contributed by atoms with Crippen LogP contribution in [0.2, 0.25) is 0 Å². The smallest absolute Gasteiger partial charge is 0.126 e. The van der Waals surface area contributed by atoms with Crippen molar-refractivity contribution in [2.75, 3.05) is 13.7 Å². The number of halogens is 1. The molecule has 18 heavy (non-hydrogen) atoms. The Morgan fingerprint density at radius 1 is 1.28 bits per heavy atom. The summed E-state index contributed by atoms with van der Waals surface area (Å²) in [5.74, 6) is 1.02. The molecule has 0 aliphatic heterocycles. The highest BCUT2D eigenvalue weighted by atomic mass is 79.9. The van der Waals surface area contributed by atoms with E-state index < -0.39 is 0 Å². The Morgan fingerprint density at radius 2 is 1.94 bits per heavy atom. The van der Waals surface area contributed by atoms with Crippen LogP contribution in [-0.4, -0.2) is 13.7 Å². The number of hydrogen-bond acceptors (Lipinski definition) is 2. The van der Waals surface area contributed by atoms with Crippen molar-refractivity contribution in [3.8, 4) is 5.75 Å². The van der Waals surface area contributed by atoms with Gasteiger partial charge >= 0.3 is 0 Å². The standard InChI is InChI=1S/C15H24BrNO/c1-11-8-13(16)9-12(10-17-5)14(11)18-7-6-15(2,3)4/h8-9,17H,6-7,10H2,1-5H3. The van der Waals surface area contributed by atoms with Gasteiger partial charge in [0.1, 0.15) is 5.75 Å². The van der Waals surface area contributed by atoms with Gasteiger partial charge in [-0.3, -0.25) is 0 Å². The average molecular weight is 314 g/mol. The lowest BCUT2D eigenvalue weighted by Gasteiger charge is -2.20. The van der Waals surface area contributed by atoms with E-state index in [1.165, 1.54) is 11.1 Å². The largest absolute Gasteiger partial charge is 0.493 e. The molecule has 0 aromatic heterocycles. The van der Waals surface area contributed by atoms with Crippen molar-refractivity contribution in [1.82, 2.24) is 5.32 Å². The van der Waals surface area contributed by atoms with Crippen LogP contribution in [0.3, 0.4) is 0 Å². The first-order chi connectivity index (χ1) is 8.33.